The molecule has 0 radical (unpaired) electrons. The Morgan fingerprint density at radius 3 is 1.55 bits per heavy atom. The number of ether oxygens (including phenoxy) is 3. The number of halogens is 8. The summed E-state index contributed by atoms with van der Waals surface area (Å²) in [5, 5.41) is 19.3. The number of carbonyl (C=O) groups is 2. The number of benzene rings is 4. The number of nitrogens with two attached hydrogens (primary N) is 2. The number of phenolic OH excluding ortho intramolecular Hbond substituents is 1. The van der Waals surface area contributed by atoms with Crippen LogP contribution in [0, 0.1) is 28.6 Å². The lowest BCUT2D eigenvalue weighted by molar-refractivity contribution is -0.138. The van der Waals surface area contributed by atoms with E-state index in [1.54, 1.807) is 48.5 Å². The summed E-state index contributed by atoms with van der Waals surface area (Å²) in [6.45, 7) is 0. The zero-order chi connectivity index (χ0) is 38.1. The largest absolute Gasteiger partial charge is 0.506 e. The highest BCUT2D eigenvalue weighted by atomic mass is 127. The maximum Gasteiger partial charge on any atom is 0.328 e. The number of hydrogen-bond acceptors (Lipinski definition) is 8. The molecule has 4 aromatic carbocycles. The lowest BCUT2D eigenvalue weighted by Gasteiger charge is -2.17. The molecule has 0 saturated carbocycles. The Morgan fingerprint density at radius 1 is 0.723 bits per heavy atom. The summed E-state index contributed by atoms with van der Waals surface area (Å²) in [6.07, 6.45) is -1.58. The minimum atomic E-state index is -2.80. The van der Waals surface area contributed by atoms with Gasteiger partial charge in [-0.05, 0) is 253 Å². The molecule has 248 valence electrons. The Morgan fingerprint density at radius 2 is 1.13 bits per heavy atom. The first-order valence-electron chi connectivity index (χ1n) is 14.6. The summed E-state index contributed by atoms with van der Waals surface area (Å²) in [6, 6.07) is 9.47. The highest BCUT2D eigenvalue weighted by Gasteiger charge is 2.23. The lowest BCUT2D eigenvalue weighted by Crippen LogP contribution is -2.36. The SMILES string of the molecule is [3H]C(c1cc(I)c(Oc2cc(I)c(O)c(I)c2)c(I)c1)[C@@]([3H])(C(=O)Oc1c(I)cc(Oc2c(I)cc(C[C@H](N)C(=O)O)cc2I)cc1I)N([3H])[3H]. The summed E-state index contributed by atoms with van der Waals surface area (Å²) >= 11 is 16.1. The molecule has 0 amide bonds. The van der Waals surface area contributed by atoms with Crippen LogP contribution in [0.1, 0.15) is 13.9 Å². The van der Waals surface area contributed by atoms with Crippen molar-refractivity contribution in [1.29, 1.82) is 0 Å². The van der Waals surface area contributed by atoms with Gasteiger partial charge in [0.15, 0.2) is 17.2 Å². The van der Waals surface area contributed by atoms with Crippen molar-refractivity contribution in [1.82, 2.24) is 0 Å². The third kappa shape index (κ3) is 11.0. The lowest BCUT2D eigenvalue weighted by atomic mass is 10.1. The summed E-state index contributed by atoms with van der Waals surface area (Å²) in [5.41, 5.74) is 6.51. The average molecular weight is 1540 g/mol. The monoisotopic (exact) mass is 1540 g/mol. The van der Waals surface area contributed by atoms with Gasteiger partial charge in [0.25, 0.3) is 0 Å². The van der Waals surface area contributed by atoms with Crippen LogP contribution in [-0.4, -0.2) is 34.2 Å². The van der Waals surface area contributed by atoms with E-state index in [-0.39, 0.29) is 29.2 Å². The second kappa shape index (κ2) is 18.1. The fourth-order valence-corrected chi connectivity index (χ4v) is 11.6. The molecule has 1 unspecified atom stereocenters. The number of esters is 1. The molecule has 0 bridgehead atoms. The van der Waals surface area contributed by atoms with Crippen molar-refractivity contribution in [2.45, 2.75) is 24.9 Å². The van der Waals surface area contributed by atoms with E-state index in [1.807, 2.05) is 136 Å². The van der Waals surface area contributed by atoms with Crippen molar-refractivity contribution in [3.05, 3.63) is 88.2 Å². The van der Waals surface area contributed by atoms with Gasteiger partial charge in [0.05, 0.1) is 29.9 Å². The highest BCUT2D eigenvalue weighted by Crippen LogP contribution is 2.39. The van der Waals surface area contributed by atoms with Crippen LogP contribution in [0.15, 0.2) is 48.5 Å². The smallest absolute Gasteiger partial charge is 0.328 e. The van der Waals surface area contributed by atoms with Gasteiger partial charge in [-0.1, -0.05) is 0 Å². The van der Waals surface area contributed by atoms with Crippen LogP contribution in [0.3, 0.4) is 0 Å². The molecule has 0 saturated heterocycles. The van der Waals surface area contributed by atoms with E-state index < -0.39 is 30.4 Å². The Balaban J connectivity index is 1.57. The maximum atomic E-state index is 13.6. The summed E-state index contributed by atoms with van der Waals surface area (Å²) < 4.78 is 56.5. The Bertz CT molecular complexity index is 1940. The number of hydrogen-bond donors (Lipinski definition) is 4. The molecule has 47 heavy (non-hydrogen) atoms. The Kier molecular flexibility index (Phi) is 13.5. The summed E-state index contributed by atoms with van der Waals surface area (Å²) in [7, 11) is 0. The van der Waals surface area contributed by atoms with E-state index in [0.29, 0.717) is 44.4 Å². The van der Waals surface area contributed by atoms with Gasteiger partial charge >= 0.3 is 11.9 Å². The molecule has 4 rings (SSSR count). The van der Waals surface area contributed by atoms with E-state index >= 15 is 0 Å². The molecule has 3 atom stereocenters. The number of aliphatic carboxylic acids is 1. The predicted octanol–water partition coefficient (Wildman–Crippen LogP) is 9.24. The zero-order valence-electron chi connectivity index (χ0n) is 27.0. The number of aromatic hydroxyl groups is 1. The molecule has 0 aromatic heterocycles. The first-order chi connectivity index (χ1) is 23.7. The molecule has 0 aliphatic heterocycles. The van der Waals surface area contributed by atoms with E-state index in [9.17, 15) is 14.7 Å². The van der Waals surface area contributed by atoms with E-state index in [2.05, 4.69) is 45.2 Å². The fourth-order valence-electron chi connectivity index (χ4n) is 3.82. The standard InChI is InChI=1S/C30H20I8N2O7/c31-15-7-13(8-16(32)25(15)41)45-26-19(35)3-12(4-20(26)36)6-24(40)30(44)47-28-21(37)9-14(10-22(28)38)46-27-17(33)1-11(2-18(27)34)5-23(39)29(42)43/h1-4,7-10,23-24,41H,5-6,39-40H2,(H,42,43)/t23-,24-/m0/s1/i6T,24T/hT2/t6?,23-,24-. The van der Waals surface area contributed by atoms with Gasteiger partial charge in [0, 0.05) is 1.37 Å². The third-order valence-corrected chi connectivity index (χ3v) is 12.4. The van der Waals surface area contributed by atoms with Crippen molar-refractivity contribution < 1.29 is 39.6 Å². The first kappa shape index (κ1) is 35.0. The number of carboxylic acid groups (broad SMARTS) is 1. The normalized spacial score (nSPS) is 15.0. The van der Waals surface area contributed by atoms with Gasteiger partial charge in [-0.15, -0.1) is 0 Å². The van der Waals surface area contributed by atoms with Crippen LogP contribution in [0.25, 0.3) is 0 Å². The average Bonchev–Trinajstić information content (AvgIpc) is 3.03. The summed E-state index contributed by atoms with van der Waals surface area (Å²) in [5.74, 6) is -0.267. The molecule has 0 aliphatic carbocycles. The van der Waals surface area contributed by atoms with Gasteiger partial charge in [-0.25, -0.2) is 4.79 Å². The van der Waals surface area contributed by atoms with E-state index in [4.69, 9.17) is 30.6 Å². The van der Waals surface area contributed by atoms with Crippen molar-refractivity contribution in [2.24, 2.45) is 11.5 Å². The second-order valence-electron chi connectivity index (χ2n) is 9.43. The quantitative estimate of drug-likeness (QED) is 0.0618. The highest BCUT2D eigenvalue weighted by molar-refractivity contribution is 14.1. The number of phenols is 1. The van der Waals surface area contributed by atoms with Crippen molar-refractivity contribution >= 4 is 193 Å². The molecule has 6 N–H and O–H groups in total. The number of rotatable bonds is 12. The molecule has 4 aromatic rings. The van der Waals surface area contributed by atoms with Crippen LogP contribution in [0.5, 0.6) is 34.5 Å². The van der Waals surface area contributed by atoms with E-state index in [1.165, 1.54) is 0 Å². The minimum absolute atomic E-state index is 0.0766. The second-order valence-corrected chi connectivity index (χ2v) is 18.7. The molecular formula is C30H20I8N2O7. The molecule has 0 fully saturated rings. The van der Waals surface area contributed by atoms with Crippen molar-refractivity contribution in [3.8, 4) is 34.5 Å². The summed E-state index contributed by atoms with van der Waals surface area (Å²) in [4.78, 5) is 24.8. The van der Waals surface area contributed by atoms with Gasteiger partial charge in [0.2, 0.25) is 0 Å². The molecule has 0 spiro atoms. The number of carboxylic acids is 1. The topological polar surface area (TPSA) is 154 Å². The van der Waals surface area contributed by atoms with E-state index in [0.717, 1.165) is 12.7 Å². The van der Waals surface area contributed by atoms with Gasteiger partial charge in [-0.3, -0.25) is 4.79 Å². The Labute approximate surface area is 385 Å². The van der Waals surface area contributed by atoms with Crippen LogP contribution in [0.2, 0.25) is 2.82 Å². The number of carbonyl (C=O) groups excluding carboxylic acids is 1. The van der Waals surface area contributed by atoms with Crippen LogP contribution in [0.4, 0.5) is 0 Å². The van der Waals surface area contributed by atoms with Crippen molar-refractivity contribution in [2.75, 3.05) is 0 Å². The predicted molar refractivity (Wildman–Crippen MR) is 246 cm³/mol. The third-order valence-electron chi connectivity index (χ3n) is 5.96. The first-order valence-corrected chi connectivity index (χ1v) is 21.3. The molecule has 9 nitrogen and oxygen atoms in total. The van der Waals surface area contributed by atoms with Gasteiger partial charge in [0.1, 0.15) is 32.1 Å². The van der Waals surface area contributed by atoms with Crippen LogP contribution >= 0.6 is 181 Å². The van der Waals surface area contributed by atoms with Crippen LogP contribution in [-0.2, 0) is 22.4 Å². The molecule has 17 heteroatoms. The molecular weight excluding hydrogens is 1520 g/mol. The molecule has 0 heterocycles. The Hall–Kier alpha value is 0.980. The maximum absolute atomic E-state index is 13.6. The minimum Gasteiger partial charge on any atom is -0.506 e. The van der Waals surface area contributed by atoms with Crippen molar-refractivity contribution in [3.63, 3.8) is 0 Å². The van der Waals surface area contributed by atoms with Gasteiger partial charge < -0.3 is 35.9 Å². The van der Waals surface area contributed by atoms with Gasteiger partial charge in [-0.2, -0.15) is 0 Å². The zero-order valence-corrected chi connectivity index (χ0v) is 40.2. The van der Waals surface area contributed by atoms with Crippen LogP contribution < -0.4 is 25.7 Å². The molecule has 0 aliphatic rings. The fraction of sp³-hybridized carbons (Fsp3) is 0.133.